The fourth-order valence-corrected chi connectivity index (χ4v) is 3.54. The summed E-state index contributed by atoms with van der Waals surface area (Å²) in [5.74, 6) is 0.659. The van der Waals surface area contributed by atoms with Gasteiger partial charge in [0.2, 0.25) is 0 Å². The second-order valence-corrected chi connectivity index (χ2v) is 8.11. The highest BCUT2D eigenvalue weighted by Gasteiger charge is 2.37. The molecule has 0 aliphatic heterocycles. The van der Waals surface area contributed by atoms with Crippen LogP contribution in [0.15, 0.2) is 48.7 Å². The molecule has 3 aromatic rings. The van der Waals surface area contributed by atoms with Gasteiger partial charge < -0.3 is 20.7 Å². The molecule has 0 saturated carbocycles. The number of benzene rings is 2. The van der Waals surface area contributed by atoms with Gasteiger partial charge in [0.05, 0.1) is 29.4 Å². The first-order valence-electron chi connectivity index (χ1n) is 10.9. The Morgan fingerprint density at radius 2 is 1.69 bits per heavy atom. The number of carbonyl (C=O) groups is 1. The number of nitrogens with zero attached hydrogens (tertiary/aromatic N) is 1. The molecule has 0 saturated heterocycles. The zero-order chi connectivity index (χ0) is 26.5. The minimum absolute atomic E-state index is 0.00146. The summed E-state index contributed by atoms with van der Waals surface area (Å²) in [5.41, 5.74) is -2.09. The van der Waals surface area contributed by atoms with Gasteiger partial charge in [-0.2, -0.15) is 26.3 Å². The van der Waals surface area contributed by atoms with Gasteiger partial charge in [-0.15, -0.1) is 0 Å². The quantitative estimate of drug-likeness (QED) is 0.232. The molecule has 0 aliphatic rings. The van der Waals surface area contributed by atoms with Gasteiger partial charge in [0.1, 0.15) is 5.75 Å². The smallest absolute Gasteiger partial charge is 0.416 e. The third-order valence-corrected chi connectivity index (χ3v) is 5.26. The van der Waals surface area contributed by atoms with Crippen LogP contribution < -0.4 is 20.7 Å². The van der Waals surface area contributed by atoms with Crippen molar-refractivity contribution in [3.63, 3.8) is 0 Å². The maximum Gasteiger partial charge on any atom is 0.416 e. The van der Waals surface area contributed by atoms with E-state index >= 15 is 0 Å². The molecule has 2 aromatic carbocycles. The zero-order valence-corrected chi connectivity index (χ0v) is 19.3. The molecule has 12 heteroatoms. The number of rotatable bonds is 8. The van der Waals surface area contributed by atoms with Crippen molar-refractivity contribution >= 4 is 28.3 Å². The van der Waals surface area contributed by atoms with E-state index < -0.39 is 35.2 Å². The van der Waals surface area contributed by atoms with Crippen molar-refractivity contribution < 1.29 is 35.9 Å². The number of ether oxygens (including phenoxy) is 1. The van der Waals surface area contributed by atoms with Gasteiger partial charge in [0.15, 0.2) is 0 Å². The lowest BCUT2D eigenvalue weighted by Crippen LogP contribution is -2.30. The summed E-state index contributed by atoms with van der Waals surface area (Å²) >= 11 is 0. The number of fused-ring (bicyclic) bond motifs is 1. The van der Waals surface area contributed by atoms with Crippen molar-refractivity contribution in [1.29, 1.82) is 0 Å². The van der Waals surface area contributed by atoms with Crippen LogP contribution in [0.5, 0.6) is 5.75 Å². The fraction of sp³-hybridized carbons (Fsp3) is 0.333. The van der Waals surface area contributed by atoms with E-state index in [0.717, 1.165) is 16.6 Å². The number of methoxy groups -OCH3 is 1. The molecule has 2 amide bonds. The van der Waals surface area contributed by atoms with Crippen molar-refractivity contribution in [3.8, 4) is 5.75 Å². The molecule has 0 spiro atoms. The average Bonchev–Trinajstić information content (AvgIpc) is 2.80. The Hall–Kier alpha value is -3.70. The highest BCUT2D eigenvalue weighted by Crippen LogP contribution is 2.37. The Kier molecular flexibility index (Phi) is 8.16. The summed E-state index contributed by atoms with van der Waals surface area (Å²) in [6.07, 6.45) is -7.22. The molecule has 194 valence electrons. The van der Waals surface area contributed by atoms with Gasteiger partial charge in [-0.05, 0) is 50.1 Å². The Balaban J connectivity index is 1.54. The van der Waals surface area contributed by atoms with Crippen LogP contribution in [0.1, 0.15) is 30.9 Å². The second kappa shape index (κ2) is 10.9. The van der Waals surface area contributed by atoms with E-state index in [1.165, 1.54) is 0 Å². The van der Waals surface area contributed by atoms with E-state index in [1.54, 1.807) is 13.3 Å². The summed E-state index contributed by atoms with van der Waals surface area (Å²) in [7, 11) is 1.56. The summed E-state index contributed by atoms with van der Waals surface area (Å²) in [6, 6.07) is 7.36. The number of carbonyl (C=O) groups excluding carboxylic acids is 1. The number of halogens is 6. The highest BCUT2D eigenvalue weighted by molar-refractivity contribution is 5.92. The lowest BCUT2D eigenvalue weighted by Gasteiger charge is -2.18. The van der Waals surface area contributed by atoms with E-state index in [4.69, 9.17) is 4.74 Å². The average molecular weight is 514 g/mol. The zero-order valence-electron chi connectivity index (χ0n) is 19.3. The first kappa shape index (κ1) is 26.9. The van der Waals surface area contributed by atoms with Crippen molar-refractivity contribution in [2.75, 3.05) is 24.3 Å². The summed E-state index contributed by atoms with van der Waals surface area (Å²) in [5, 5.41) is 8.72. The normalized spacial score (nSPS) is 12.8. The van der Waals surface area contributed by atoms with Crippen LogP contribution in [0.3, 0.4) is 0 Å². The number of pyridine rings is 1. The maximum atomic E-state index is 13.0. The number of urea groups is 1. The summed E-state index contributed by atoms with van der Waals surface area (Å²) in [6.45, 7) is 2.08. The number of hydrogen-bond donors (Lipinski definition) is 3. The Morgan fingerprint density at radius 3 is 2.31 bits per heavy atom. The molecule has 36 heavy (non-hydrogen) atoms. The molecule has 1 aromatic heterocycles. The van der Waals surface area contributed by atoms with Crippen LogP contribution in [0.4, 0.5) is 42.5 Å². The third-order valence-electron chi connectivity index (χ3n) is 5.26. The number of aromatic nitrogens is 1. The molecule has 6 nitrogen and oxygen atoms in total. The van der Waals surface area contributed by atoms with Gasteiger partial charge in [-0.1, -0.05) is 6.07 Å². The third kappa shape index (κ3) is 7.15. The van der Waals surface area contributed by atoms with Crippen LogP contribution in [0.25, 0.3) is 10.9 Å². The summed E-state index contributed by atoms with van der Waals surface area (Å²) in [4.78, 5) is 16.5. The number of hydrogen-bond acceptors (Lipinski definition) is 4. The Labute approximate surface area is 203 Å². The van der Waals surface area contributed by atoms with E-state index in [9.17, 15) is 31.1 Å². The number of alkyl halides is 6. The molecule has 0 aliphatic carbocycles. The molecular weight excluding hydrogens is 490 g/mol. The topological polar surface area (TPSA) is 75.3 Å². The van der Waals surface area contributed by atoms with Crippen LogP contribution in [-0.4, -0.2) is 30.7 Å². The maximum absolute atomic E-state index is 13.0. The number of anilines is 2. The monoisotopic (exact) mass is 514 g/mol. The predicted octanol–water partition coefficient (Wildman–Crippen LogP) is 6.68. The highest BCUT2D eigenvalue weighted by atomic mass is 19.4. The lowest BCUT2D eigenvalue weighted by atomic mass is 10.1. The molecule has 0 bridgehead atoms. The van der Waals surface area contributed by atoms with Crippen LogP contribution in [-0.2, 0) is 12.4 Å². The largest absolute Gasteiger partial charge is 0.497 e. The minimum Gasteiger partial charge on any atom is -0.497 e. The fourth-order valence-electron chi connectivity index (χ4n) is 3.54. The molecule has 1 heterocycles. The van der Waals surface area contributed by atoms with Crippen molar-refractivity contribution in [2.24, 2.45) is 0 Å². The number of amides is 2. The molecule has 3 rings (SSSR count). The van der Waals surface area contributed by atoms with Crippen molar-refractivity contribution in [3.05, 3.63) is 59.8 Å². The van der Waals surface area contributed by atoms with Gasteiger partial charge in [0.25, 0.3) is 0 Å². The van der Waals surface area contributed by atoms with Gasteiger partial charge >= 0.3 is 18.4 Å². The first-order valence-corrected chi connectivity index (χ1v) is 10.9. The Bertz CT molecular complexity index is 1180. The minimum atomic E-state index is -5.00. The molecule has 0 radical (unpaired) electrons. The van der Waals surface area contributed by atoms with E-state index in [1.807, 2.05) is 36.5 Å². The molecule has 1 unspecified atom stereocenters. The molecule has 1 atom stereocenters. The van der Waals surface area contributed by atoms with Crippen molar-refractivity contribution in [1.82, 2.24) is 10.3 Å². The SMILES string of the molecule is COc1cc(NC(C)CCCNC(=O)Nc2cc(C(F)(F)F)cc(C(F)(F)F)c2)c2ncccc2c1. The second-order valence-electron chi connectivity index (χ2n) is 8.11. The van der Waals surface area contributed by atoms with Gasteiger partial charge in [0, 0.05) is 35.9 Å². The first-order chi connectivity index (χ1) is 16.9. The van der Waals surface area contributed by atoms with Crippen molar-refractivity contribution in [2.45, 2.75) is 38.2 Å². The van der Waals surface area contributed by atoms with Gasteiger partial charge in [-0.3, -0.25) is 4.98 Å². The molecular formula is C24H24F6N4O2. The molecule has 3 N–H and O–H groups in total. The van der Waals surface area contributed by atoms with E-state index in [-0.39, 0.29) is 18.7 Å². The standard InChI is InChI=1S/C24H24F6N4O2/c1-14(33-20-13-19(36-2)9-15-6-4-7-31-21(15)20)5-3-8-32-22(35)34-18-11-16(23(25,26)27)10-17(12-18)24(28,29)30/h4,6-7,9-14,33H,3,5,8H2,1-2H3,(H2,32,34,35). The number of nitrogens with one attached hydrogen (secondary N) is 3. The predicted molar refractivity (Wildman–Crippen MR) is 124 cm³/mol. The van der Waals surface area contributed by atoms with E-state index in [0.29, 0.717) is 30.7 Å². The Morgan fingerprint density at radius 1 is 1.03 bits per heavy atom. The van der Waals surface area contributed by atoms with Crippen LogP contribution in [0, 0.1) is 0 Å². The molecule has 0 fully saturated rings. The van der Waals surface area contributed by atoms with Gasteiger partial charge in [-0.25, -0.2) is 4.79 Å². The lowest BCUT2D eigenvalue weighted by molar-refractivity contribution is -0.143. The van der Waals surface area contributed by atoms with Crippen LogP contribution >= 0.6 is 0 Å². The van der Waals surface area contributed by atoms with Crippen LogP contribution in [0.2, 0.25) is 0 Å². The summed E-state index contributed by atoms with van der Waals surface area (Å²) < 4.78 is 83.1. The van der Waals surface area contributed by atoms with E-state index in [2.05, 4.69) is 15.6 Å².